The molecule has 0 atom stereocenters. The zero-order valence-electron chi connectivity index (χ0n) is 12.3. The highest BCUT2D eigenvalue weighted by Gasteiger charge is 2.17. The molecule has 3 heteroatoms. The maximum absolute atomic E-state index is 4.16. The number of pyridine rings is 1. The highest BCUT2D eigenvalue weighted by molar-refractivity contribution is 5.07. The maximum atomic E-state index is 4.16. The van der Waals surface area contributed by atoms with Crippen molar-refractivity contribution in [2.75, 3.05) is 20.1 Å². The minimum absolute atomic E-state index is 0.753. The summed E-state index contributed by atoms with van der Waals surface area (Å²) in [5, 5.41) is 3.70. The van der Waals surface area contributed by atoms with E-state index in [9.17, 15) is 0 Å². The Bertz CT molecular complexity index is 344. The molecule has 0 spiro atoms. The summed E-state index contributed by atoms with van der Waals surface area (Å²) in [5.74, 6) is 0.936. The van der Waals surface area contributed by atoms with E-state index < -0.39 is 0 Å². The summed E-state index contributed by atoms with van der Waals surface area (Å²) < 4.78 is 0. The van der Waals surface area contributed by atoms with E-state index in [4.69, 9.17) is 0 Å². The summed E-state index contributed by atoms with van der Waals surface area (Å²) in [7, 11) is 2.18. The van der Waals surface area contributed by atoms with Crippen LogP contribution in [0.2, 0.25) is 0 Å². The minimum Gasteiger partial charge on any atom is -0.313 e. The van der Waals surface area contributed by atoms with Crippen LogP contribution >= 0.6 is 0 Å². The largest absolute Gasteiger partial charge is 0.313 e. The van der Waals surface area contributed by atoms with Gasteiger partial charge in [-0.05, 0) is 50.3 Å². The molecule has 0 aliphatic heterocycles. The molecular formula is C16H27N3. The molecule has 0 radical (unpaired) electrons. The molecule has 0 unspecified atom stereocenters. The normalized spacial score (nSPS) is 23.7. The molecule has 19 heavy (non-hydrogen) atoms. The van der Waals surface area contributed by atoms with E-state index in [1.807, 2.05) is 18.5 Å². The van der Waals surface area contributed by atoms with Crippen molar-refractivity contribution in [3.05, 3.63) is 30.1 Å². The van der Waals surface area contributed by atoms with E-state index in [1.165, 1.54) is 31.2 Å². The Balaban J connectivity index is 1.60. The van der Waals surface area contributed by atoms with Gasteiger partial charge in [-0.15, -0.1) is 0 Å². The van der Waals surface area contributed by atoms with Gasteiger partial charge in [0.05, 0.1) is 0 Å². The van der Waals surface area contributed by atoms with Crippen LogP contribution < -0.4 is 5.32 Å². The van der Waals surface area contributed by atoms with Crippen molar-refractivity contribution in [1.82, 2.24) is 15.2 Å². The van der Waals surface area contributed by atoms with Crippen molar-refractivity contribution in [2.45, 2.75) is 45.2 Å². The molecule has 0 saturated heterocycles. The number of hydrogen-bond donors (Lipinski definition) is 1. The Hall–Kier alpha value is -0.930. The van der Waals surface area contributed by atoms with Gasteiger partial charge in [-0.3, -0.25) is 4.98 Å². The van der Waals surface area contributed by atoms with E-state index in [-0.39, 0.29) is 0 Å². The predicted octanol–water partition coefficient (Wildman–Crippen LogP) is 2.68. The SMILES string of the molecule is CC1CCC(NCCN(C)Cc2cccnc2)CC1. The van der Waals surface area contributed by atoms with Crippen LogP contribution in [0.5, 0.6) is 0 Å². The Morgan fingerprint density at radius 3 is 2.79 bits per heavy atom. The molecule has 106 valence electrons. The molecule has 1 aromatic rings. The third-order valence-electron chi connectivity index (χ3n) is 4.12. The average Bonchev–Trinajstić information content (AvgIpc) is 2.42. The molecule has 1 heterocycles. The monoisotopic (exact) mass is 261 g/mol. The molecule has 1 aliphatic rings. The number of aromatic nitrogens is 1. The maximum Gasteiger partial charge on any atom is 0.0312 e. The number of likely N-dealkylation sites (N-methyl/N-ethyl adjacent to an activating group) is 1. The Morgan fingerprint density at radius 2 is 2.11 bits per heavy atom. The first-order valence-electron chi connectivity index (χ1n) is 7.55. The van der Waals surface area contributed by atoms with Gasteiger partial charge in [-0.2, -0.15) is 0 Å². The lowest BCUT2D eigenvalue weighted by Crippen LogP contribution is -2.37. The molecule has 0 bridgehead atoms. The molecule has 1 fully saturated rings. The lowest BCUT2D eigenvalue weighted by Gasteiger charge is -2.28. The second-order valence-electron chi connectivity index (χ2n) is 6.01. The summed E-state index contributed by atoms with van der Waals surface area (Å²) in [6.07, 6.45) is 9.27. The zero-order chi connectivity index (χ0) is 13.5. The van der Waals surface area contributed by atoms with E-state index >= 15 is 0 Å². The summed E-state index contributed by atoms with van der Waals surface area (Å²) in [6.45, 7) is 5.55. The molecule has 0 aromatic carbocycles. The molecule has 3 nitrogen and oxygen atoms in total. The minimum atomic E-state index is 0.753. The van der Waals surface area contributed by atoms with Gasteiger partial charge in [-0.1, -0.05) is 13.0 Å². The van der Waals surface area contributed by atoms with Gasteiger partial charge in [0, 0.05) is 38.1 Å². The van der Waals surface area contributed by atoms with Crippen molar-refractivity contribution in [1.29, 1.82) is 0 Å². The molecule has 0 amide bonds. The van der Waals surface area contributed by atoms with Crippen molar-refractivity contribution in [3.8, 4) is 0 Å². The van der Waals surface area contributed by atoms with E-state index in [2.05, 4.69) is 35.2 Å². The van der Waals surface area contributed by atoms with Gasteiger partial charge in [0.25, 0.3) is 0 Å². The third kappa shape index (κ3) is 5.29. The third-order valence-corrected chi connectivity index (χ3v) is 4.12. The van der Waals surface area contributed by atoms with E-state index in [0.717, 1.165) is 31.6 Å². The molecule has 1 aliphatic carbocycles. The highest BCUT2D eigenvalue weighted by Crippen LogP contribution is 2.23. The summed E-state index contributed by atoms with van der Waals surface area (Å²) in [4.78, 5) is 6.51. The van der Waals surface area contributed by atoms with Crippen LogP contribution in [0, 0.1) is 5.92 Å². The smallest absolute Gasteiger partial charge is 0.0312 e. The van der Waals surface area contributed by atoms with Crippen LogP contribution in [0.4, 0.5) is 0 Å². The van der Waals surface area contributed by atoms with Gasteiger partial charge in [-0.25, -0.2) is 0 Å². The first-order valence-corrected chi connectivity index (χ1v) is 7.55. The lowest BCUT2D eigenvalue weighted by atomic mass is 9.87. The molecular weight excluding hydrogens is 234 g/mol. The van der Waals surface area contributed by atoms with Crippen molar-refractivity contribution >= 4 is 0 Å². The Morgan fingerprint density at radius 1 is 1.32 bits per heavy atom. The number of nitrogens with one attached hydrogen (secondary N) is 1. The lowest BCUT2D eigenvalue weighted by molar-refractivity contribution is 0.279. The van der Waals surface area contributed by atoms with E-state index in [0.29, 0.717) is 0 Å². The fourth-order valence-electron chi connectivity index (χ4n) is 2.81. The molecule has 1 N–H and O–H groups in total. The van der Waals surface area contributed by atoms with Gasteiger partial charge >= 0.3 is 0 Å². The van der Waals surface area contributed by atoms with Crippen LogP contribution in [0.15, 0.2) is 24.5 Å². The average molecular weight is 261 g/mol. The summed E-state index contributed by atoms with van der Waals surface area (Å²) in [6, 6.07) is 4.90. The van der Waals surface area contributed by atoms with Crippen molar-refractivity contribution in [2.24, 2.45) is 5.92 Å². The van der Waals surface area contributed by atoms with Crippen LogP contribution in [0.3, 0.4) is 0 Å². The summed E-state index contributed by atoms with van der Waals surface area (Å²) >= 11 is 0. The first-order chi connectivity index (χ1) is 9.24. The second kappa shape index (κ2) is 7.61. The van der Waals surface area contributed by atoms with Crippen LogP contribution in [-0.2, 0) is 6.54 Å². The van der Waals surface area contributed by atoms with Crippen molar-refractivity contribution < 1.29 is 0 Å². The quantitative estimate of drug-likeness (QED) is 0.853. The van der Waals surface area contributed by atoms with Gasteiger partial charge in [0.2, 0.25) is 0 Å². The molecule has 1 saturated carbocycles. The number of nitrogens with zero attached hydrogens (tertiary/aromatic N) is 2. The Kier molecular flexibility index (Phi) is 5.80. The zero-order valence-corrected chi connectivity index (χ0v) is 12.3. The first kappa shape index (κ1) is 14.5. The Labute approximate surface area is 117 Å². The van der Waals surface area contributed by atoms with Gasteiger partial charge in [0.15, 0.2) is 0 Å². The number of rotatable bonds is 6. The van der Waals surface area contributed by atoms with Crippen molar-refractivity contribution in [3.63, 3.8) is 0 Å². The predicted molar refractivity (Wildman–Crippen MR) is 80.0 cm³/mol. The standard InChI is InChI=1S/C16H27N3/c1-14-5-7-16(8-6-14)18-10-11-19(2)13-15-4-3-9-17-12-15/h3-4,9,12,14,16,18H,5-8,10-11,13H2,1-2H3. The van der Waals surface area contributed by atoms with Crippen LogP contribution in [-0.4, -0.2) is 36.1 Å². The highest BCUT2D eigenvalue weighted by atomic mass is 15.1. The van der Waals surface area contributed by atoms with Crippen LogP contribution in [0.25, 0.3) is 0 Å². The van der Waals surface area contributed by atoms with Gasteiger partial charge < -0.3 is 10.2 Å². The topological polar surface area (TPSA) is 28.2 Å². The number of hydrogen-bond acceptors (Lipinski definition) is 3. The van der Waals surface area contributed by atoms with Gasteiger partial charge in [0.1, 0.15) is 0 Å². The van der Waals surface area contributed by atoms with Crippen LogP contribution in [0.1, 0.15) is 38.2 Å². The fourth-order valence-corrected chi connectivity index (χ4v) is 2.81. The summed E-state index contributed by atoms with van der Waals surface area (Å²) in [5.41, 5.74) is 1.29. The fraction of sp³-hybridized carbons (Fsp3) is 0.688. The molecule has 2 rings (SSSR count). The molecule has 1 aromatic heterocycles. The van der Waals surface area contributed by atoms with E-state index in [1.54, 1.807) is 0 Å². The second-order valence-corrected chi connectivity index (χ2v) is 6.01.